The van der Waals surface area contributed by atoms with Crippen LogP contribution >= 0.6 is 11.8 Å². The third-order valence-corrected chi connectivity index (χ3v) is 5.00. The molecule has 0 aliphatic carbocycles. The number of thioether (sulfide) groups is 1. The van der Waals surface area contributed by atoms with Gasteiger partial charge in [-0.15, -0.1) is 10.2 Å². The number of anilines is 1. The van der Waals surface area contributed by atoms with Gasteiger partial charge in [0.1, 0.15) is 12.1 Å². The van der Waals surface area contributed by atoms with Gasteiger partial charge in [-0.25, -0.2) is 4.39 Å². The summed E-state index contributed by atoms with van der Waals surface area (Å²) in [4.78, 5) is 14.1. The van der Waals surface area contributed by atoms with Crippen LogP contribution < -0.4 is 4.90 Å². The quantitative estimate of drug-likeness (QED) is 0.866. The van der Waals surface area contributed by atoms with Crippen molar-refractivity contribution in [3.05, 3.63) is 36.4 Å². The molecule has 7 heteroatoms. The minimum absolute atomic E-state index is 0.0800. The van der Waals surface area contributed by atoms with Crippen LogP contribution in [0.1, 0.15) is 27.2 Å². The van der Waals surface area contributed by atoms with Crippen LogP contribution in [0.2, 0.25) is 0 Å². The molecule has 2 heterocycles. The number of rotatable bonds is 3. The Labute approximate surface area is 138 Å². The van der Waals surface area contributed by atoms with E-state index in [4.69, 9.17) is 0 Å². The van der Waals surface area contributed by atoms with Crippen molar-refractivity contribution in [2.75, 3.05) is 11.4 Å². The number of amides is 1. The van der Waals surface area contributed by atoms with Gasteiger partial charge in [-0.3, -0.25) is 4.79 Å². The number of carbonyl (C=O) groups is 1. The third kappa shape index (κ3) is 3.10. The van der Waals surface area contributed by atoms with Crippen molar-refractivity contribution in [1.82, 2.24) is 14.8 Å². The van der Waals surface area contributed by atoms with Crippen LogP contribution in [0.5, 0.6) is 0 Å². The predicted octanol–water partition coefficient (Wildman–Crippen LogP) is 3.07. The molecule has 1 fully saturated rings. The number of hydrogen-bond acceptors (Lipinski definition) is 4. The van der Waals surface area contributed by atoms with E-state index in [9.17, 15) is 9.18 Å². The van der Waals surface area contributed by atoms with Crippen molar-refractivity contribution in [2.45, 2.75) is 43.1 Å². The van der Waals surface area contributed by atoms with Crippen LogP contribution in [0.4, 0.5) is 10.1 Å². The fourth-order valence-corrected chi connectivity index (χ4v) is 3.80. The smallest absolute Gasteiger partial charge is 0.240 e. The van der Waals surface area contributed by atoms with Gasteiger partial charge in [0, 0.05) is 12.1 Å². The van der Waals surface area contributed by atoms with Crippen molar-refractivity contribution < 1.29 is 9.18 Å². The number of nitrogens with zero attached hydrogens (tertiary/aromatic N) is 4. The van der Waals surface area contributed by atoms with Crippen LogP contribution in [-0.2, 0) is 10.3 Å². The lowest BCUT2D eigenvalue weighted by Crippen LogP contribution is -2.29. The first-order chi connectivity index (χ1) is 10.9. The Morgan fingerprint density at radius 1 is 1.30 bits per heavy atom. The number of aromatic nitrogens is 3. The van der Waals surface area contributed by atoms with Gasteiger partial charge < -0.3 is 9.47 Å². The molecule has 0 spiro atoms. The first-order valence-corrected chi connectivity index (χ1v) is 8.39. The molecule has 0 saturated carbocycles. The van der Waals surface area contributed by atoms with Crippen LogP contribution in [-0.4, -0.2) is 32.5 Å². The van der Waals surface area contributed by atoms with Crippen molar-refractivity contribution in [3.63, 3.8) is 0 Å². The van der Waals surface area contributed by atoms with Gasteiger partial charge in [0.15, 0.2) is 5.16 Å². The normalized spacial score (nSPS) is 18.7. The van der Waals surface area contributed by atoms with Gasteiger partial charge in [0.05, 0.1) is 10.9 Å². The SMILES string of the molecule is CC(C)(C)n1cnnc1SC1CCN(c2ccccc2F)C1=O. The monoisotopic (exact) mass is 334 g/mol. The molecule has 3 rings (SSSR count). The Kier molecular flexibility index (Phi) is 4.14. The van der Waals surface area contributed by atoms with Crippen molar-refractivity contribution >= 4 is 23.4 Å². The van der Waals surface area contributed by atoms with Gasteiger partial charge in [0.25, 0.3) is 0 Å². The lowest BCUT2D eigenvalue weighted by Gasteiger charge is -2.22. The molecule has 122 valence electrons. The van der Waals surface area contributed by atoms with Crippen LogP contribution in [0.3, 0.4) is 0 Å². The van der Waals surface area contributed by atoms with E-state index in [1.165, 1.54) is 22.7 Å². The van der Waals surface area contributed by atoms with E-state index in [1.54, 1.807) is 24.5 Å². The molecule has 23 heavy (non-hydrogen) atoms. The fraction of sp³-hybridized carbons (Fsp3) is 0.438. The first kappa shape index (κ1) is 16.0. The van der Waals surface area contributed by atoms with Gasteiger partial charge in [0.2, 0.25) is 5.91 Å². The van der Waals surface area contributed by atoms with E-state index in [1.807, 2.05) is 4.57 Å². The summed E-state index contributed by atoms with van der Waals surface area (Å²) in [5.41, 5.74) is 0.191. The summed E-state index contributed by atoms with van der Waals surface area (Å²) in [6, 6.07) is 6.37. The van der Waals surface area contributed by atoms with Gasteiger partial charge >= 0.3 is 0 Å². The van der Waals surface area contributed by atoms with Crippen molar-refractivity contribution in [1.29, 1.82) is 0 Å². The topological polar surface area (TPSA) is 51.0 Å². The fourth-order valence-electron chi connectivity index (χ4n) is 2.57. The third-order valence-electron chi connectivity index (χ3n) is 3.79. The predicted molar refractivity (Wildman–Crippen MR) is 88.0 cm³/mol. The van der Waals surface area contributed by atoms with Crippen LogP contribution in [0, 0.1) is 5.82 Å². The maximum atomic E-state index is 13.9. The summed E-state index contributed by atoms with van der Waals surface area (Å²) < 4.78 is 15.9. The largest absolute Gasteiger partial charge is 0.309 e. The summed E-state index contributed by atoms with van der Waals surface area (Å²) >= 11 is 1.40. The summed E-state index contributed by atoms with van der Waals surface area (Å²) in [5.74, 6) is -0.451. The molecular weight excluding hydrogens is 315 g/mol. The molecule has 1 unspecified atom stereocenters. The molecule has 2 aromatic rings. The Morgan fingerprint density at radius 3 is 2.74 bits per heavy atom. The number of halogens is 1. The molecule has 1 atom stereocenters. The lowest BCUT2D eigenvalue weighted by molar-refractivity contribution is -0.116. The van der Waals surface area contributed by atoms with E-state index in [0.717, 1.165) is 0 Å². The van der Waals surface area contributed by atoms with Crippen LogP contribution in [0.15, 0.2) is 35.7 Å². The van der Waals surface area contributed by atoms with E-state index >= 15 is 0 Å². The molecular formula is C16H19FN4OS. The van der Waals surface area contributed by atoms with Gasteiger partial charge in [-0.1, -0.05) is 23.9 Å². The minimum atomic E-state index is -0.371. The number of para-hydroxylation sites is 1. The summed E-state index contributed by atoms with van der Waals surface area (Å²) in [7, 11) is 0. The molecule has 1 saturated heterocycles. The second kappa shape index (κ2) is 5.96. The molecule has 1 aliphatic rings. The highest BCUT2D eigenvalue weighted by Crippen LogP contribution is 2.34. The maximum Gasteiger partial charge on any atom is 0.240 e. The second-order valence-electron chi connectivity index (χ2n) is 6.49. The summed E-state index contributed by atoms with van der Waals surface area (Å²) in [5, 5.41) is 8.53. The Balaban J connectivity index is 1.79. The van der Waals surface area contributed by atoms with Crippen molar-refractivity contribution in [2.24, 2.45) is 0 Å². The van der Waals surface area contributed by atoms with Gasteiger partial charge in [-0.2, -0.15) is 0 Å². The van der Waals surface area contributed by atoms with Crippen molar-refractivity contribution in [3.8, 4) is 0 Å². The Morgan fingerprint density at radius 2 is 2.04 bits per heavy atom. The van der Waals surface area contributed by atoms with E-state index in [0.29, 0.717) is 23.8 Å². The first-order valence-electron chi connectivity index (χ1n) is 7.51. The highest BCUT2D eigenvalue weighted by Gasteiger charge is 2.36. The molecule has 1 amide bonds. The zero-order chi connectivity index (χ0) is 16.6. The standard InChI is InChI=1S/C16H19FN4OS/c1-16(2,3)21-10-18-19-15(21)23-13-8-9-20(14(13)22)12-7-5-4-6-11(12)17/h4-7,10,13H,8-9H2,1-3H3. The zero-order valence-corrected chi connectivity index (χ0v) is 14.2. The highest BCUT2D eigenvalue weighted by atomic mass is 32.2. The molecule has 1 aliphatic heterocycles. The maximum absolute atomic E-state index is 13.9. The van der Waals surface area contributed by atoms with E-state index in [-0.39, 0.29) is 22.5 Å². The number of hydrogen-bond donors (Lipinski definition) is 0. The zero-order valence-electron chi connectivity index (χ0n) is 13.4. The second-order valence-corrected chi connectivity index (χ2v) is 7.66. The number of benzene rings is 1. The molecule has 1 aromatic carbocycles. The molecule has 0 N–H and O–H groups in total. The molecule has 1 aromatic heterocycles. The van der Waals surface area contributed by atoms with E-state index in [2.05, 4.69) is 31.0 Å². The number of carbonyl (C=O) groups excluding carboxylic acids is 1. The molecule has 5 nitrogen and oxygen atoms in total. The van der Waals surface area contributed by atoms with Gasteiger partial charge in [-0.05, 0) is 39.3 Å². The average Bonchev–Trinajstić information content (AvgIpc) is 3.08. The molecule has 0 bridgehead atoms. The minimum Gasteiger partial charge on any atom is -0.309 e. The van der Waals surface area contributed by atoms with Crippen LogP contribution in [0.25, 0.3) is 0 Å². The highest BCUT2D eigenvalue weighted by molar-refractivity contribution is 8.00. The Hall–Kier alpha value is -1.89. The lowest BCUT2D eigenvalue weighted by atomic mass is 10.1. The molecule has 0 radical (unpaired) electrons. The summed E-state index contributed by atoms with van der Waals surface area (Å²) in [6.07, 6.45) is 2.34. The van der Waals surface area contributed by atoms with E-state index < -0.39 is 0 Å². The average molecular weight is 334 g/mol. The Bertz CT molecular complexity index is 725. The summed E-state index contributed by atoms with van der Waals surface area (Å²) in [6.45, 7) is 6.69.